The molecule has 4 rings (SSSR count). The van der Waals surface area contributed by atoms with Crippen molar-refractivity contribution in [2.75, 3.05) is 39.3 Å². The molecule has 7 heteroatoms. The summed E-state index contributed by atoms with van der Waals surface area (Å²) in [6.07, 6.45) is 2.81. The normalized spacial score (nSPS) is 26.8. The minimum Gasteiger partial charge on any atom is -0.368 e. The van der Waals surface area contributed by atoms with Crippen molar-refractivity contribution in [3.8, 4) is 0 Å². The lowest BCUT2D eigenvalue weighted by molar-refractivity contribution is -0.142. The van der Waals surface area contributed by atoms with Crippen LogP contribution in [0.5, 0.6) is 0 Å². The number of hydrogen-bond donors (Lipinski definition) is 1. The Kier molecular flexibility index (Phi) is 7.79. The summed E-state index contributed by atoms with van der Waals surface area (Å²) < 4.78 is 5.56. The summed E-state index contributed by atoms with van der Waals surface area (Å²) in [5, 5.41) is 3.68. The summed E-state index contributed by atoms with van der Waals surface area (Å²) in [5.41, 5.74) is 2.81. The second-order valence-electron chi connectivity index (χ2n) is 8.06. The molecule has 160 valence electrons. The lowest BCUT2D eigenvalue weighted by Gasteiger charge is -2.37. The number of halogens is 1. The molecule has 0 radical (unpaired) electrons. The van der Waals surface area contributed by atoms with Crippen LogP contribution in [0.25, 0.3) is 0 Å². The summed E-state index contributed by atoms with van der Waals surface area (Å²) in [4.78, 5) is 21.6. The van der Waals surface area contributed by atoms with Crippen molar-refractivity contribution in [2.24, 2.45) is 4.99 Å². The number of hydrogen-bond acceptors (Lipinski definition) is 3. The minimum absolute atomic E-state index is 0. The van der Waals surface area contributed by atoms with E-state index in [9.17, 15) is 4.79 Å². The van der Waals surface area contributed by atoms with E-state index < -0.39 is 0 Å². The van der Waals surface area contributed by atoms with Crippen LogP contribution in [0.4, 0.5) is 0 Å². The van der Waals surface area contributed by atoms with Gasteiger partial charge < -0.3 is 19.9 Å². The predicted octanol–water partition coefficient (Wildman–Crippen LogP) is 2.76. The van der Waals surface area contributed by atoms with Gasteiger partial charge in [0.05, 0.1) is 0 Å². The van der Waals surface area contributed by atoms with E-state index in [1.165, 1.54) is 11.1 Å². The van der Waals surface area contributed by atoms with Gasteiger partial charge in [-0.25, -0.2) is 0 Å². The third-order valence-corrected chi connectivity index (χ3v) is 6.10. The van der Waals surface area contributed by atoms with Gasteiger partial charge in [0.2, 0.25) is 0 Å². The molecule has 6 nitrogen and oxygen atoms in total. The second kappa shape index (κ2) is 10.1. The number of guanidine groups is 1. The van der Waals surface area contributed by atoms with Crippen LogP contribution < -0.4 is 5.32 Å². The molecular formula is C22H33IN4O2. The van der Waals surface area contributed by atoms with E-state index in [-0.39, 0.29) is 36.0 Å². The van der Waals surface area contributed by atoms with Gasteiger partial charge in [-0.3, -0.25) is 9.79 Å². The first-order valence-electron chi connectivity index (χ1n) is 10.7. The van der Waals surface area contributed by atoms with E-state index in [2.05, 4.69) is 48.3 Å². The fourth-order valence-corrected chi connectivity index (χ4v) is 4.37. The Morgan fingerprint density at radius 2 is 1.93 bits per heavy atom. The fraction of sp³-hybridized carbons (Fsp3) is 0.636. The van der Waals surface area contributed by atoms with Crippen LogP contribution in [0.1, 0.15) is 43.2 Å². The minimum atomic E-state index is -0.213. The molecule has 1 aromatic carbocycles. The Hall–Kier alpha value is -1.35. The highest BCUT2D eigenvalue weighted by Crippen LogP contribution is 2.42. The maximum absolute atomic E-state index is 12.6. The Morgan fingerprint density at radius 1 is 1.21 bits per heavy atom. The van der Waals surface area contributed by atoms with Crippen molar-refractivity contribution in [2.45, 2.75) is 51.2 Å². The maximum Gasteiger partial charge on any atom is 0.251 e. The summed E-state index contributed by atoms with van der Waals surface area (Å²) in [6.45, 7) is 8.89. The highest BCUT2D eigenvalue weighted by Gasteiger charge is 2.40. The highest BCUT2D eigenvalue weighted by molar-refractivity contribution is 14.0. The van der Waals surface area contributed by atoms with Crippen LogP contribution >= 0.6 is 24.0 Å². The summed E-state index contributed by atoms with van der Waals surface area (Å²) in [5.74, 6) is 1.74. The number of rotatable bonds is 4. The van der Waals surface area contributed by atoms with Crippen LogP contribution in [0.2, 0.25) is 0 Å². The molecule has 1 N–H and O–H groups in total. The van der Waals surface area contributed by atoms with Crippen molar-refractivity contribution in [3.63, 3.8) is 0 Å². The van der Waals surface area contributed by atoms with Gasteiger partial charge in [0, 0.05) is 51.3 Å². The van der Waals surface area contributed by atoms with Gasteiger partial charge in [-0.15, -0.1) is 24.0 Å². The van der Waals surface area contributed by atoms with Gasteiger partial charge in [-0.2, -0.15) is 0 Å². The average molecular weight is 512 g/mol. The number of carbonyl (C=O) groups is 1. The van der Waals surface area contributed by atoms with E-state index >= 15 is 0 Å². The van der Waals surface area contributed by atoms with Gasteiger partial charge in [-0.05, 0) is 44.2 Å². The Labute approximate surface area is 191 Å². The van der Waals surface area contributed by atoms with Crippen molar-refractivity contribution >= 4 is 35.8 Å². The molecule has 0 bridgehead atoms. The molecule has 3 atom stereocenters. The predicted molar refractivity (Wildman–Crippen MR) is 126 cm³/mol. The Bertz CT molecular complexity index is 727. The zero-order valence-electron chi connectivity index (χ0n) is 17.5. The van der Waals surface area contributed by atoms with Crippen LogP contribution in [0, 0.1) is 6.92 Å². The number of amides is 1. The first-order chi connectivity index (χ1) is 13.7. The SMILES string of the molecule is CCN=C(NC1CC1c1ccccc1C)N1CCN(C(=O)C2CCCO2)CC1.I. The van der Waals surface area contributed by atoms with Gasteiger partial charge in [0.15, 0.2) is 5.96 Å². The average Bonchev–Trinajstić information content (AvgIpc) is 3.25. The van der Waals surface area contributed by atoms with Crippen molar-refractivity contribution in [3.05, 3.63) is 35.4 Å². The number of ether oxygens (including phenoxy) is 1. The Morgan fingerprint density at radius 3 is 2.59 bits per heavy atom. The zero-order valence-corrected chi connectivity index (χ0v) is 19.8. The molecule has 3 aliphatic rings. The molecule has 2 saturated heterocycles. The summed E-state index contributed by atoms with van der Waals surface area (Å²) in [6, 6.07) is 9.12. The molecule has 1 amide bonds. The van der Waals surface area contributed by atoms with Gasteiger partial charge >= 0.3 is 0 Å². The summed E-state index contributed by atoms with van der Waals surface area (Å²) >= 11 is 0. The largest absolute Gasteiger partial charge is 0.368 e. The molecule has 1 saturated carbocycles. The van der Waals surface area contributed by atoms with Crippen molar-refractivity contribution in [1.82, 2.24) is 15.1 Å². The quantitative estimate of drug-likeness (QED) is 0.383. The van der Waals surface area contributed by atoms with Gasteiger partial charge in [0.25, 0.3) is 5.91 Å². The molecule has 1 aliphatic carbocycles. The van der Waals surface area contributed by atoms with E-state index in [4.69, 9.17) is 9.73 Å². The maximum atomic E-state index is 12.6. The van der Waals surface area contributed by atoms with Crippen LogP contribution in [-0.2, 0) is 9.53 Å². The Balaban J connectivity index is 0.00000240. The first kappa shape index (κ1) is 22.3. The lowest BCUT2D eigenvalue weighted by Crippen LogP contribution is -2.55. The second-order valence-corrected chi connectivity index (χ2v) is 8.06. The molecule has 2 aliphatic heterocycles. The third kappa shape index (κ3) is 5.23. The third-order valence-electron chi connectivity index (χ3n) is 6.10. The molecule has 1 aromatic rings. The highest BCUT2D eigenvalue weighted by atomic mass is 127. The molecule has 2 heterocycles. The van der Waals surface area contributed by atoms with E-state index in [0.29, 0.717) is 12.0 Å². The lowest BCUT2D eigenvalue weighted by atomic mass is 10.0. The van der Waals surface area contributed by atoms with E-state index in [0.717, 1.165) is 64.6 Å². The topological polar surface area (TPSA) is 57.2 Å². The standard InChI is InChI=1S/C22H32N4O2.HI/c1-3-23-22(24-19-15-18(19)17-8-5-4-7-16(17)2)26-12-10-25(11-13-26)21(27)20-9-6-14-28-20;/h4-5,7-8,18-20H,3,6,9-15H2,1-2H3,(H,23,24);1H. The number of benzene rings is 1. The number of piperazine rings is 1. The number of aryl methyl sites for hydroxylation is 1. The smallest absolute Gasteiger partial charge is 0.251 e. The number of nitrogens with one attached hydrogen (secondary N) is 1. The van der Waals surface area contributed by atoms with Crippen LogP contribution in [-0.4, -0.2) is 73.1 Å². The molecule has 3 fully saturated rings. The van der Waals surface area contributed by atoms with Crippen LogP contribution in [0.15, 0.2) is 29.3 Å². The van der Waals surface area contributed by atoms with Gasteiger partial charge in [0.1, 0.15) is 6.10 Å². The number of nitrogens with zero attached hydrogens (tertiary/aromatic N) is 3. The monoisotopic (exact) mass is 512 g/mol. The molecule has 0 spiro atoms. The van der Waals surface area contributed by atoms with E-state index in [1.54, 1.807) is 0 Å². The zero-order chi connectivity index (χ0) is 19.5. The number of aliphatic imine (C=N–C) groups is 1. The van der Waals surface area contributed by atoms with Gasteiger partial charge in [-0.1, -0.05) is 24.3 Å². The number of carbonyl (C=O) groups excluding carboxylic acids is 1. The molecule has 29 heavy (non-hydrogen) atoms. The fourth-order valence-electron chi connectivity index (χ4n) is 4.37. The van der Waals surface area contributed by atoms with E-state index in [1.807, 2.05) is 4.90 Å². The summed E-state index contributed by atoms with van der Waals surface area (Å²) in [7, 11) is 0. The molecule has 3 unspecified atom stereocenters. The first-order valence-corrected chi connectivity index (χ1v) is 10.7. The van der Waals surface area contributed by atoms with Crippen molar-refractivity contribution < 1.29 is 9.53 Å². The molecular weight excluding hydrogens is 479 g/mol. The molecule has 0 aromatic heterocycles. The van der Waals surface area contributed by atoms with Crippen molar-refractivity contribution in [1.29, 1.82) is 0 Å². The van der Waals surface area contributed by atoms with Crippen LogP contribution in [0.3, 0.4) is 0 Å².